The Balaban J connectivity index is 1.87. The molecule has 1 atom stereocenters. The minimum Gasteiger partial charge on any atom is -0.361 e. The molecule has 90 valence electrons. The van der Waals surface area contributed by atoms with Crippen molar-refractivity contribution in [1.29, 1.82) is 0 Å². The fraction of sp³-hybridized carbons (Fsp3) is 0.769. The van der Waals surface area contributed by atoms with Crippen LogP contribution in [-0.2, 0) is 6.54 Å². The summed E-state index contributed by atoms with van der Waals surface area (Å²) in [4.78, 5) is 0. The highest BCUT2D eigenvalue weighted by atomic mass is 16.5. The molecular formula is C13H22N2O. The lowest BCUT2D eigenvalue weighted by molar-refractivity contribution is 0.375. The molecule has 0 aromatic carbocycles. The molecule has 0 amide bonds. The zero-order chi connectivity index (χ0) is 11.5. The molecule has 16 heavy (non-hydrogen) atoms. The van der Waals surface area contributed by atoms with Crippen LogP contribution < -0.4 is 5.32 Å². The first kappa shape index (κ1) is 11.6. The van der Waals surface area contributed by atoms with Crippen molar-refractivity contribution < 1.29 is 4.52 Å². The van der Waals surface area contributed by atoms with Gasteiger partial charge in [-0.05, 0) is 39.5 Å². The SMILES string of the molecule is Cc1noc(C)c1CN[C@H](C)C1CCCC1. The Labute approximate surface area is 97.6 Å². The molecule has 1 N–H and O–H groups in total. The quantitative estimate of drug-likeness (QED) is 0.851. The molecule has 0 saturated heterocycles. The molecule has 3 nitrogen and oxygen atoms in total. The molecule has 1 aromatic rings. The Kier molecular flexibility index (Phi) is 3.64. The van der Waals surface area contributed by atoms with E-state index in [1.54, 1.807) is 0 Å². The smallest absolute Gasteiger partial charge is 0.138 e. The fourth-order valence-corrected chi connectivity index (χ4v) is 2.64. The molecule has 0 radical (unpaired) electrons. The van der Waals surface area contributed by atoms with Crippen LogP contribution in [0.1, 0.15) is 49.6 Å². The number of nitrogens with zero attached hydrogens (tertiary/aromatic N) is 1. The highest BCUT2D eigenvalue weighted by Crippen LogP contribution is 2.27. The van der Waals surface area contributed by atoms with E-state index in [1.807, 2.05) is 13.8 Å². The van der Waals surface area contributed by atoms with Gasteiger partial charge in [-0.1, -0.05) is 18.0 Å². The molecular weight excluding hydrogens is 200 g/mol. The fourth-order valence-electron chi connectivity index (χ4n) is 2.64. The lowest BCUT2D eigenvalue weighted by Crippen LogP contribution is -2.32. The summed E-state index contributed by atoms with van der Waals surface area (Å²) in [6.07, 6.45) is 5.58. The minimum absolute atomic E-state index is 0.608. The molecule has 1 aliphatic carbocycles. The van der Waals surface area contributed by atoms with Crippen molar-refractivity contribution in [1.82, 2.24) is 10.5 Å². The van der Waals surface area contributed by atoms with Crippen LogP contribution in [0.25, 0.3) is 0 Å². The van der Waals surface area contributed by atoms with Gasteiger partial charge in [-0.25, -0.2) is 0 Å². The van der Waals surface area contributed by atoms with Gasteiger partial charge < -0.3 is 9.84 Å². The van der Waals surface area contributed by atoms with E-state index in [2.05, 4.69) is 17.4 Å². The largest absolute Gasteiger partial charge is 0.361 e. The first-order valence-electron chi connectivity index (χ1n) is 6.33. The minimum atomic E-state index is 0.608. The Morgan fingerprint density at radius 3 is 2.62 bits per heavy atom. The van der Waals surface area contributed by atoms with Crippen LogP contribution in [0.4, 0.5) is 0 Å². The van der Waals surface area contributed by atoms with E-state index < -0.39 is 0 Å². The van der Waals surface area contributed by atoms with Gasteiger partial charge in [0.1, 0.15) is 5.76 Å². The monoisotopic (exact) mass is 222 g/mol. The third kappa shape index (κ3) is 2.46. The highest BCUT2D eigenvalue weighted by Gasteiger charge is 2.21. The van der Waals surface area contributed by atoms with Gasteiger partial charge in [0.15, 0.2) is 0 Å². The maximum atomic E-state index is 5.16. The molecule has 1 heterocycles. The maximum absolute atomic E-state index is 5.16. The van der Waals surface area contributed by atoms with E-state index in [0.717, 1.165) is 23.9 Å². The van der Waals surface area contributed by atoms with Gasteiger partial charge in [0, 0.05) is 18.2 Å². The molecule has 0 spiro atoms. The topological polar surface area (TPSA) is 38.1 Å². The number of aryl methyl sites for hydroxylation is 2. The average molecular weight is 222 g/mol. The predicted octanol–water partition coefficient (Wildman–Crippen LogP) is 2.96. The molecule has 3 heteroatoms. The van der Waals surface area contributed by atoms with Crippen molar-refractivity contribution in [3.8, 4) is 0 Å². The van der Waals surface area contributed by atoms with Crippen molar-refractivity contribution >= 4 is 0 Å². The molecule has 0 unspecified atom stereocenters. The van der Waals surface area contributed by atoms with Gasteiger partial charge in [-0.15, -0.1) is 0 Å². The van der Waals surface area contributed by atoms with Crippen molar-refractivity contribution in [2.75, 3.05) is 0 Å². The molecule has 0 aliphatic heterocycles. The molecule has 1 aromatic heterocycles. The van der Waals surface area contributed by atoms with Crippen LogP contribution in [0, 0.1) is 19.8 Å². The van der Waals surface area contributed by atoms with Gasteiger partial charge in [-0.3, -0.25) is 0 Å². The molecule has 0 bridgehead atoms. The zero-order valence-corrected chi connectivity index (χ0v) is 10.5. The third-order valence-electron chi connectivity index (χ3n) is 3.89. The third-order valence-corrected chi connectivity index (χ3v) is 3.89. The second kappa shape index (κ2) is 5.00. The molecule has 1 fully saturated rings. The summed E-state index contributed by atoms with van der Waals surface area (Å²) in [6, 6.07) is 0.608. The van der Waals surface area contributed by atoms with E-state index in [9.17, 15) is 0 Å². The number of hydrogen-bond acceptors (Lipinski definition) is 3. The Morgan fingerprint density at radius 2 is 2.06 bits per heavy atom. The molecule has 1 saturated carbocycles. The van der Waals surface area contributed by atoms with Gasteiger partial charge in [0.25, 0.3) is 0 Å². The van der Waals surface area contributed by atoms with Crippen molar-refractivity contribution in [2.24, 2.45) is 5.92 Å². The number of nitrogens with one attached hydrogen (secondary N) is 1. The molecule has 1 aliphatic rings. The normalized spacial score (nSPS) is 19.2. The van der Waals surface area contributed by atoms with Crippen molar-refractivity contribution in [3.63, 3.8) is 0 Å². The van der Waals surface area contributed by atoms with Crippen LogP contribution >= 0.6 is 0 Å². The Morgan fingerprint density at radius 1 is 1.38 bits per heavy atom. The highest BCUT2D eigenvalue weighted by molar-refractivity contribution is 5.20. The van der Waals surface area contributed by atoms with Gasteiger partial charge in [0.2, 0.25) is 0 Å². The number of rotatable bonds is 4. The van der Waals surface area contributed by atoms with Gasteiger partial charge in [-0.2, -0.15) is 0 Å². The average Bonchev–Trinajstić information content (AvgIpc) is 2.87. The lowest BCUT2D eigenvalue weighted by atomic mass is 9.99. The van der Waals surface area contributed by atoms with E-state index in [0.29, 0.717) is 6.04 Å². The summed E-state index contributed by atoms with van der Waals surface area (Å²) in [7, 11) is 0. The van der Waals surface area contributed by atoms with Crippen LogP contribution in [0.3, 0.4) is 0 Å². The Bertz CT molecular complexity index is 320. The standard InChI is InChI=1S/C13H22N2O/c1-9(12-6-4-5-7-12)14-8-13-10(2)15-16-11(13)3/h9,12,14H,4-8H2,1-3H3/t9-/m1/s1. The summed E-state index contributed by atoms with van der Waals surface area (Å²) in [5.41, 5.74) is 2.24. The maximum Gasteiger partial charge on any atom is 0.138 e. The first-order valence-corrected chi connectivity index (χ1v) is 6.33. The zero-order valence-electron chi connectivity index (χ0n) is 10.5. The second-order valence-corrected chi connectivity index (χ2v) is 5.02. The van der Waals surface area contributed by atoms with Crippen molar-refractivity contribution in [2.45, 2.75) is 59.0 Å². The Hall–Kier alpha value is -0.830. The van der Waals surface area contributed by atoms with Gasteiger partial charge in [0.05, 0.1) is 5.69 Å². The van der Waals surface area contributed by atoms with Gasteiger partial charge >= 0.3 is 0 Å². The molecule has 2 rings (SSSR count). The van der Waals surface area contributed by atoms with E-state index >= 15 is 0 Å². The summed E-state index contributed by atoms with van der Waals surface area (Å²) >= 11 is 0. The van der Waals surface area contributed by atoms with Crippen molar-refractivity contribution in [3.05, 3.63) is 17.0 Å². The number of aromatic nitrogens is 1. The summed E-state index contributed by atoms with van der Waals surface area (Å²) < 4.78 is 5.16. The van der Waals surface area contributed by atoms with E-state index in [1.165, 1.54) is 31.2 Å². The van der Waals surface area contributed by atoms with E-state index in [4.69, 9.17) is 4.52 Å². The van der Waals surface area contributed by atoms with Crippen LogP contribution in [0.5, 0.6) is 0 Å². The first-order chi connectivity index (χ1) is 7.68. The summed E-state index contributed by atoms with van der Waals surface area (Å²) in [5.74, 6) is 1.81. The van der Waals surface area contributed by atoms with Crippen LogP contribution in [0.2, 0.25) is 0 Å². The van der Waals surface area contributed by atoms with Crippen LogP contribution in [0.15, 0.2) is 4.52 Å². The summed E-state index contributed by atoms with van der Waals surface area (Å²) in [5, 5.41) is 7.59. The lowest BCUT2D eigenvalue weighted by Gasteiger charge is -2.20. The predicted molar refractivity (Wildman–Crippen MR) is 64.2 cm³/mol. The van der Waals surface area contributed by atoms with E-state index in [-0.39, 0.29) is 0 Å². The number of hydrogen-bond donors (Lipinski definition) is 1. The second-order valence-electron chi connectivity index (χ2n) is 5.02. The summed E-state index contributed by atoms with van der Waals surface area (Å²) in [6.45, 7) is 7.18. The van der Waals surface area contributed by atoms with Crippen LogP contribution in [-0.4, -0.2) is 11.2 Å².